The lowest BCUT2D eigenvalue weighted by molar-refractivity contribution is -0.120. The van der Waals surface area contributed by atoms with Gasteiger partial charge in [0.25, 0.3) is 0 Å². The Morgan fingerprint density at radius 3 is 2.62 bits per heavy atom. The van der Waals surface area contributed by atoms with Gasteiger partial charge >= 0.3 is 0 Å². The summed E-state index contributed by atoms with van der Waals surface area (Å²) in [5.41, 5.74) is 0. The fraction of sp³-hybridized carbons (Fsp3) is 0.889. The summed E-state index contributed by atoms with van der Waals surface area (Å²) in [6.45, 7) is 5.07. The van der Waals surface area contributed by atoms with Crippen LogP contribution in [0.25, 0.3) is 0 Å². The Balaban J connectivity index is 3.44. The molecule has 0 aliphatic heterocycles. The molecule has 0 fully saturated rings. The topological polar surface area (TPSA) is 61.4 Å². The molecule has 0 bridgehead atoms. The van der Waals surface area contributed by atoms with Gasteiger partial charge in [0, 0.05) is 12.6 Å². The van der Waals surface area contributed by atoms with E-state index < -0.39 is 0 Å². The van der Waals surface area contributed by atoms with Crippen LogP contribution in [0.15, 0.2) is 0 Å². The van der Waals surface area contributed by atoms with Crippen LogP contribution in [0.1, 0.15) is 26.7 Å². The summed E-state index contributed by atoms with van der Waals surface area (Å²) in [6, 6.07) is 0.0346. The number of carbonyl (C=O) groups excluding carboxylic acids is 1. The predicted octanol–water partition coefficient (Wildman–Crippen LogP) is -0.127. The number of hydrogen-bond donors (Lipinski definition) is 3. The van der Waals surface area contributed by atoms with Gasteiger partial charge in [0.1, 0.15) is 0 Å². The Labute approximate surface area is 79.7 Å². The lowest BCUT2D eigenvalue weighted by Gasteiger charge is -2.13. The van der Waals surface area contributed by atoms with E-state index in [1.54, 1.807) is 0 Å². The molecule has 4 nitrogen and oxygen atoms in total. The molecule has 0 spiro atoms. The third-order valence-electron chi connectivity index (χ3n) is 1.84. The van der Waals surface area contributed by atoms with E-state index in [-0.39, 0.29) is 18.6 Å². The minimum atomic E-state index is -0.00579. The zero-order chi connectivity index (χ0) is 10.1. The SMILES string of the molecule is CCCNC(=O)CNC(CC)CO. The van der Waals surface area contributed by atoms with E-state index in [0.29, 0.717) is 6.54 Å². The summed E-state index contributed by atoms with van der Waals surface area (Å²) < 4.78 is 0. The van der Waals surface area contributed by atoms with Crippen molar-refractivity contribution in [2.75, 3.05) is 19.7 Å². The standard InChI is InChI=1S/C9H20N2O2/c1-3-5-10-9(13)6-11-8(4-2)7-12/h8,11-12H,3-7H2,1-2H3,(H,10,13). The van der Waals surface area contributed by atoms with E-state index >= 15 is 0 Å². The molecule has 0 saturated carbocycles. The molecule has 0 rings (SSSR count). The molecule has 1 unspecified atom stereocenters. The number of nitrogens with one attached hydrogen (secondary N) is 2. The largest absolute Gasteiger partial charge is 0.395 e. The molecule has 0 aromatic heterocycles. The average Bonchev–Trinajstić information content (AvgIpc) is 2.16. The molecular formula is C9H20N2O2. The Bertz CT molecular complexity index is 136. The molecule has 0 aliphatic rings. The van der Waals surface area contributed by atoms with Crippen LogP contribution in [0.4, 0.5) is 0 Å². The van der Waals surface area contributed by atoms with Crippen molar-refractivity contribution in [1.82, 2.24) is 10.6 Å². The van der Waals surface area contributed by atoms with Crippen molar-refractivity contribution in [1.29, 1.82) is 0 Å². The molecule has 13 heavy (non-hydrogen) atoms. The van der Waals surface area contributed by atoms with Crippen LogP contribution in [-0.4, -0.2) is 36.8 Å². The lowest BCUT2D eigenvalue weighted by atomic mass is 10.2. The van der Waals surface area contributed by atoms with Gasteiger partial charge in [-0.05, 0) is 12.8 Å². The summed E-state index contributed by atoms with van der Waals surface area (Å²) >= 11 is 0. The van der Waals surface area contributed by atoms with Crippen LogP contribution in [0.2, 0.25) is 0 Å². The average molecular weight is 188 g/mol. The van der Waals surface area contributed by atoms with Crippen LogP contribution in [-0.2, 0) is 4.79 Å². The van der Waals surface area contributed by atoms with E-state index in [1.807, 2.05) is 13.8 Å². The molecule has 1 amide bonds. The minimum absolute atomic E-state index is 0.00579. The Kier molecular flexibility index (Phi) is 7.63. The van der Waals surface area contributed by atoms with Crippen LogP contribution >= 0.6 is 0 Å². The van der Waals surface area contributed by atoms with E-state index in [2.05, 4.69) is 10.6 Å². The Hall–Kier alpha value is -0.610. The van der Waals surface area contributed by atoms with Crippen molar-refractivity contribution in [3.05, 3.63) is 0 Å². The summed E-state index contributed by atoms with van der Waals surface area (Å²) in [5.74, 6) is -0.00579. The number of aliphatic hydroxyl groups excluding tert-OH is 1. The molecule has 0 saturated heterocycles. The second kappa shape index (κ2) is 8.01. The molecule has 0 heterocycles. The number of aliphatic hydroxyl groups is 1. The monoisotopic (exact) mass is 188 g/mol. The normalized spacial score (nSPS) is 12.5. The van der Waals surface area contributed by atoms with Crippen molar-refractivity contribution in [3.8, 4) is 0 Å². The first-order valence-electron chi connectivity index (χ1n) is 4.85. The molecule has 0 aliphatic carbocycles. The van der Waals surface area contributed by atoms with E-state index in [4.69, 9.17) is 5.11 Å². The highest BCUT2D eigenvalue weighted by atomic mass is 16.3. The lowest BCUT2D eigenvalue weighted by Crippen LogP contribution is -2.40. The summed E-state index contributed by atoms with van der Waals surface area (Å²) in [7, 11) is 0. The Morgan fingerprint density at radius 2 is 2.15 bits per heavy atom. The van der Waals surface area contributed by atoms with Crippen molar-refractivity contribution in [2.45, 2.75) is 32.7 Å². The molecular weight excluding hydrogens is 168 g/mol. The van der Waals surface area contributed by atoms with Gasteiger partial charge in [-0.1, -0.05) is 13.8 Å². The third kappa shape index (κ3) is 6.54. The molecule has 3 N–H and O–H groups in total. The molecule has 0 aromatic rings. The van der Waals surface area contributed by atoms with E-state index in [1.165, 1.54) is 0 Å². The highest BCUT2D eigenvalue weighted by Gasteiger charge is 2.05. The second-order valence-corrected chi connectivity index (χ2v) is 3.02. The van der Waals surface area contributed by atoms with Crippen LogP contribution in [0.3, 0.4) is 0 Å². The van der Waals surface area contributed by atoms with Gasteiger partial charge in [0.2, 0.25) is 5.91 Å². The Morgan fingerprint density at radius 1 is 1.46 bits per heavy atom. The van der Waals surface area contributed by atoms with Gasteiger partial charge in [-0.2, -0.15) is 0 Å². The quantitative estimate of drug-likeness (QED) is 0.521. The molecule has 0 aromatic carbocycles. The van der Waals surface area contributed by atoms with Gasteiger partial charge in [0.05, 0.1) is 13.2 Å². The summed E-state index contributed by atoms with van der Waals surface area (Å²) in [5, 5.41) is 14.5. The maximum absolute atomic E-state index is 11.1. The first kappa shape index (κ1) is 12.4. The van der Waals surface area contributed by atoms with Gasteiger partial charge < -0.3 is 15.7 Å². The van der Waals surface area contributed by atoms with Crippen LogP contribution in [0, 0.1) is 0 Å². The molecule has 78 valence electrons. The summed E-state index contributed by atoms with van der Waals surface area (Å²) in [4.78, 5) is 11.1. The fourth-order valence-corrected chi connectivity index (χ4v) is 0.902. The number of amides is 1. The number of carbonyl (C=O) groups is 1. The zero-order valence-electron chi connectivity index (χ0n) is 8.47. The van der Waals surface area contributed by atoms with Gasteiger partial charge in [-0.25, -0.2) is 0 Å². The minimum Gasteiger partial charge on any atom is -0.395 e. The van der Waals surface area contributed by atoms with E-state index in [9.17, 15) is 4.79 Å². The summed E-state index contributed by atoms with van der Waals surface area (Å²) in [6.07, 6.45) is 1.78. The van der Waals surface area contributed by atoms with Gasteiger partial charge in [-0.3, -0.25) is 4.79 Å². The van der Waals surface area contributed by atoms with Crippen molar-refractivity contribution in [3.63, 3.8) is 0 Å². The zero-order valence-corrected chi connectivity index (χ0v) is 8.47. The number of rotatable bonds is 7. The maximum Gasteiger partial charge on any atom is 0.233 e. The molecule has 1 atom stereocenters. The molecule has 4 heteroatoms. The van der Waals surface area contributed by atoms with E-state index in [0.717, 1.165) is 19.4 Å². The predicted molar refractivity (Wildman–Crippen MR) is 52.5 cm³/mol. The maximum atomic E-state index is 11.1. The highest BCUT2D eigenvalue weighted by molar-refractivity contribution is 5.77. The van der Waals surface area contributed by atoms with Crippen molar-refractivity contribution >= 4 is 5.91 Å². The second-order valence-electron chi connectivity index (χ2n) is 3.02. The van der Waals surface area contributed by atoms with Crippen molar-refractivity contribution in [2.24, 2.45) is 0 Å². The van der Waals surface area contributed by atoms with Gasteiger partial charge in [0.15, 0.2) is 0 Å². The third-order valence-corrected chi connectivity index (χ3v) is 1.84. The smallest absolute Gasteiger partial charge is 0.233 e. The number of hydrogen-bond acceptors (Lipinski definition) is 3. The first-order valence-corrected chi connectivity index (χ1v) is 4.85. The highest BCUT2D eigenvalue weighted by Crippen LogP contribution is 1.87. The van der Waals surface area contributed by atoms with Crippen LogP contribution < -0.4 is 10.6 Å². The van der Waals surface area contributed by atoms with Crippen molar-refractivity contribution < 1.29 is 9.90 Å². The van der Waals surface area contributed by atoms with Crippen LogP contribution in [0.5, 0.6) is 0 Å². The first-order chi connectivity index (χ1) is 6.24. The van der Waals surface area contributed by atoms with Gasteiger partial charge in [-0.15, -0.1) is 0 Å². The fourth-order valence-electron chi connectivity index (χ4n) is 0.902. The molecule has 0 radical (unpaired) electrons.